The van der Waals surface area contributed by atoms with E-state index in [9.17, 15) is 14.4 Å². The number of carboxylic acid groups (broad SMARTS) is 1. The van der Waals surface area contributed by atoms with E-state index in [0.717, 1.165) is 12.8 Å². The molecule has 1 heterocycles. The summed E-state index contributed by atoms with van der Waals surface area (Å²) in [6, 6.07) is -0.229. The van der Waals surface area contributed by atoms with Crippen LogP contribution in [-0.2, 0) is 14.3 Å². The molecule has 0 spiro atoms. The second kappa shape index (κ2) is 7.72. The fraction of sp³-hybridized carbons (Fsp3) is 0.769. The molecule has 1 rings (SSSR count). The van der Waals surface area contributed by atoms with Crippen molar-refractivity contribution in [3.8, 4) is 0 Å². The molecule has 1 aliphatic heterocycles. The first-order valence-electron chi connectivity index (χ1n) is 6.80. The number of aliphatic carboxylic acids is 1. The van der Waals surface area contributed by atoms with E-state index in [1.54, 1.807) is 11.8 Å². The zero-order chi connectivity index (χ0) is 15.1. The van der Waals surface area contributed by atoms with Gasteiger partial charge in [-0.3, -0.25) is 9.59 Å². The first-order valence-corrected chi connectivity index (χ1v) is 6.80. The number of esters is 1. The normalized spacial score (nSPS) is 18.5. The Balaban J connectivity index is 2.59. The second-order valence-electron chi connectivity index (χ2n) is 4.93. The minimum Gasteiger partial charge on any atom is -0.481 e. The molecule has 0 aromatic rings. The Morgan fingerprint density at radius 3 is 2.65 bits per heavy atom. The smallest absolute Gasteiger partial charge is 0.325 e. The van der Waals surface area contributed by atoms with E-state index in [1.165, 1.54) is 12.0 Å². The van der Waals surface area contributed by atoms with Gasteiger partial charge in [-0.15, -0.1) is 0 Å². The number of carboxylic acids is 1. The van der Waals surface area contributed by atoms with Crippen molar-refractivity contribution >= 4 is 18.0 Å². The van der Waals surface area contributed by atoms with Crippen LogP contribution in [0.2, 0.25) is 0 Å². The Bertz CT molecular complexity index is 372. The number of carbonyl (C=O) groups is 3. The van der Waals surface area contributed by atoms with Gasteiger partial charge in [0, 0.05) is 26.1 Å². The molecule has 1 aliphatic rings. The van der Waals surface area contributed by atoms with Crippen LogP contribution < -0.4 is 0 Å². The molecule has 0 aromatic carbocycles. The highest BCUT2D eigenvalue weighted by Crippen LogP contribution is 2.20. The van der Waals surface area contributed by atoms with Gasteiger partial charge in [0.15, 0.2) is 0 Å². The molecule has 0 saturated carbocycles. The number of urea groups is 1. The Morgan fingerprint density at radius 1 is 1.40 bits per heavy atom. The predicted molar refractivity (Wildman–Crippen MR) is 71.2 cm³/mol. The van der Waals surface area contributed by atoms with Gasteiger partial charge in [0.05, 0.1) is 7.11 Å². The quantitative estimate of drug-likeness (QED) is 0.755. The predicted octanol–water partition coefficient (Wildman–Crippen LogP) is 0.788. The molecule has 114 valence electrons. The van der Waals surface area contributed by atoms with E-state index in [1.807, 2.05) is 0 Å². The number of likely N-dealkylation sites (tertiary alicyclic amines) is 1. The zero-order valence-corrected chi connectivity index (χ0v) is 12.0. The lowest BCUT2D eigenvalue weighted by Crippen LogP contribution is -2.49. The number of ether oxygens (including phenoxy) is 1. The van der Waals surface area contributed by atoms with Crippen LogP contribution in [0, 0.1) is 5.92 Å². The van der Waals surface area contributed by atoms with Crippen molar-refractivity contribution in [2.45, 2.75) is 26.2 Å². The first kappa shape index (κ1) is 16.3. The molecule has 0 aliphatic carbocycles. The van der Waals surface area contributed by atoms with E-state index >= 15 is 0 Å². The molecule has 20 heavy (non-hydrogen) atoms. The monoisotopic (exact) mass is 286 g/mol. The molecule has 1 atom stereocenters. The molecule has 7 heteroatoms. The maximum atomic E-state index is 12.3. The number of likely N-dealkylation sites (N-methyl/N-ethyl adjacent to an activating group) is 1. The van der Waals surface area contributed by atoms with Crippen LogP contribution in [0.4, 0.5) is 4.79 Å². The van der Waals surface area contributed by atoms with Gasteiger partial charge in [0.2, 0.25) is 0 Å². The maximum Gasteiger partial charge on any atom is 0.325 e. The van der Waals surface area contributed by atoms with Crippen molar-refractivity contribution in [3.63, 3.8) is 0 Å². The van der Waals surface area contributed by atoms with Crippen LogP contribution in [0.3, 0.4) is 0 Å². The van der Waals surface area contributed by atoms with Crippen LogP contribution in [0.1, 0.15) is 26.2 Å². The number of carbonyl (C=O) groups excluding carboxylic acids is 2. The Morgan fingerprint density at radius 2 is 2.10 bits per heavy atom. The molecule has 2 amide bonds. The summed E-state index contributed by atoms with van der Waals surface area (Å²) >= 11 is 0. The van der Waals surface area contributed by atoms with Crippen molar-refractivity contribution in [1.29, 1.82) is 0 Å². The molecule has 0 bridgehead atoms. The van der Waals surface area contributed by atoms with Gasteiger partial charge < -0.3 is 19.6 Å². The second-order valence-corrected chi connectivity index (χ2v) is 4.93. The van der Waals surface area contributed by atoms with Gasteiger partial charge in [-0.1, -0.05) is 0 Å². The van der Waals surface area contributed by atoms with Crippen molar-refractivity contribution in [1.82, 2.24) is 9.80 Å². The number of methoxy groups -OCH3 is 1. The zero-order valence-electron chi connectivity index (χ0n) is 12.0. The van der Waals surface area contributed by atoms with Crippen LogP contribution >= 0.6 is 0 Å². The summed E-state index contributed by atoms with van der Waals surface area (Å²) in [5, 5.41) is 8.82. The van der Waals surface area contributed by atoms with Gasteiger partial charge in [-0.05, 0) is 25.7 Å². The number of hydrogen-bond donors (Lipinski definition) is 1. The van der Waals surface area contributed by atoms with Crippen molar-refractivity contribution < 1.29 is 24.2 Å². The van der Waals surface area contributed by atoms with Crippen molar-refractivity contribution in [2.24, 2.45) is 5.92 Å². The Kier molecular flexibility index (Phi) is 6.27. The molecule has 1 fully saturated rings. The Hall–Kier alpha value is -1.79. The first-order chi connectivity index (χ1) is 9.47. The van der Waals surface area contributed by atoms with Crippen LogP contribution in [0.15, 0.2) is 0 Å². The van der Waals surface area contributed by atoms with Crippen molar-refractivity contribution in [2.75, 3.05) is 33.3 Å². The van der Waals surface area contributed by atoms with Crippen LogP contribution in [0.25, 0.3) is 0 Å². The summed E-state index contributed by atoms with van der Waals surface area (Å²) in [5.74, 6) is -1.31. The molecule has 7 nitrogen and oxygen atoms in total. The average Bonchev–Trinajstić information content (AvgIpc) is 2.43. The minimum absolute atomic E-state index is 0.0120. The molecular weight excluding hydrogens is 264 g/mol. The van der Waals surface area contributed by atoms with E-state index in [4.69, 9.17) is 5.11 Å². The van der Waals surface area contributed by atoms with Gasteiger partial charge in [0.1, 0.15) is 6.54 Å². The minimum atomic E-state index is -0.841. The van der Waals surface area contributed by atoms with Gasteiger partial charge in [0.25, 0.3) is 0 Å². The van der Waals surface area contributed by atoms with E-state index in [2.05, 4.69) is 4.74 Å². The summed E-state index contributed by atoms with van der Waals surface area (Å²) in [6.45, 7) is 3.16. The molecule has 0 radical (unpaired) electrons. The topological polar surface area (TPSA) is 87.2 Å². The van der Waals surface area contributed by atoms with E-state index < -0.39 is 11.9 Å². The van der Waals surface area contributed by atoms with Gasteiger partial charge in [-0.25, -0.2) is 4.79 Å². The Labute approximate surface area is 118 Å². The number of nitrogens with zero attached hydrogens (tertiary/aromatic N) is 2. The fourth-order valence-electron chi connectivity index (χ4n) is 2.39. The third kappa shape index (κ3) is 4.71. The van der Waals surface area contributed by atoms with Crippen LogP contribution in [0.5, 0.6) is 0 Å². The average molecular weight is 286 g/mol. The van der Waals surface area contributed by atoms with Crippen LogP contribution in [-0.4, -0.2) is 66.2 Å². The summed E-state index contributed by atoms with van der Waals surface area (Å²) in [5.41, 5.74) is 0. The van der Waals surface area contributed by atoms with Crippen molar-refractivity contribution in [3.05, 3.63) is 0 Å². The lowest BCUT2D eigenvalue weighted by molar-refractivity contribution is -0.141. The number of hydrogen-bond acceptors (Lipinski definition) is 4. The highest BCUT2D eigenvalue weighted by Gasteiger charge is 2.28. The fourth-order valence-corrected chi connectivity index (χ4v) is 2.39. The molecule has 1 N–H and O–H groups in total. The lowest BCUT2D eigenvalue weighted by atomic mass is 9.95. The SMILES string of the molecule is CCN(CC(=O)OC)C(=O)N1CCCC(CC(=O)O)C1. The van der Waals surface area contributed by atoms with Gasteiger partial charge >= 0.3 is 18.0 Å². The lowest BCUT2D eigenvalue weighted by Gasteiger charge is -2.35. The van der Waals surface area contributed by atoms with E-state index in [-0.39, 0.29) is 24.9 Å². The summed E-state index contributed by atoms with van der Waals surface area (Å²) in [6.07, 6.45) is 1.69. The third-order valence-corrected chi connectivity index (χ3v) is 3.45. The standard InChI is InChI=1S/C13H22N2O5/c1-3-14(9-12(18)20-2)13(19)15-6-4-5-10(8-15)7-11(16)17/h10H,3-9H2,1-2H3,(H,16,17). The summed E-state index contributed by atoms with van der Waals surface area (Å²) in [4.78, 5) is 37.4. The highest BCUT2D eigenvalue weighted by molar-refractivity contribution is 5.81. The van der Waals surface area contributed by atoms with Gasteiger partial charge in [-0.2, -0.15) is 0 Å². The number of amides is 2. The summed E-state index contributed by atoms with van der Waals surface area (Å²) < 4.78 is 4.56. The molecule has 1 unspecified atom stereocenters. The summed E-state index contributed by atoms with van der Waals surface area (Å²) in [7, 11) is 1.28. The maximum absolute atomic E-state index is 12.3. The largest absolute Gasteiger partial charge is 0.481 e. The molecule has 1 saturated heterocycles. The van der Waals surface area contributed by atoms with E-state index in [0.29, 0.717) is 19.6 Å². The molecule has 0 aromatic heterocycles. The number of piperidine rings is 1. The number of rotatable bonds is 5. The molecular formula is C13H22N2O5. The highest BCUT2D eigenvalue weighted by atomic mass is 16.5. The third-order valence-electron chi connectivity index (χ3n) is 3.45.